The largest absolute Gasteiger partial charge is 0.388 e. The minimum atomic E-state index is -0.606. The van der Waals surface area contributed by atoms with Crippen LogP contribution in [0.15, 0.2) is 0 Å². The number of rotatable bonds is 3. The fraction of sp³-hybridized carbons (Fsp3) is 0.933. The molecule has 104 valence electrons. The van der Waals surface area contributed by atoms with E-state index in [0.717, 1.165) is 32.1 Å². The third-order valence-electron chi connectivity index (χ3n) is 4.63. The molecule has 2 unspecified atom stereocenters. The molecule has 3 heteroatoms. The number of carbonyl (C=O) groups is 1. The van der Waals surface area contributed by atoms with E-state index < -0.39 is 5.60 Å². The molecule has 2 rings (SSSR count). The van der Waals surface area contributed by atoms with E-state index in [4.69, 9.17) is 0 Å². The van der Waals surface area contributed by atoms with Gasteiger partial charge in [0.15, 0.2) is 0 Å². The first-order valence-electron chi connectivity index (χ1n) is 7.30. The molecule has 2 saturated carbocycles. The van der Waals surface area contributed by atoms with Gasteiger partial charge in [-0.15, -0.1) is 0 Å². The number of amides is 1. The molecule has 2 fully saturated rings. The summed E-state index contributed by atoms with van der Waals surface area (Å²) >= 11 is 0. The molecular formula is C15H27NO2. The summed E-state index contributed by atoms with van der Waals surface area (Å²) in [5.41, 5.74) is -0.335. The van der Waals surface area contributed by atoms with Crippen LogP contribution in [0.4, 0.5) is 0 Å². The molecule has 2 N–H and O–H groups in total. The molecule has 1 amide bonds. The third kappa shape index (κ3) is 3.25. The topological polar surface area (TPSA) is 49.3 Å². The Labute approximate surface area is 110 Å². The summed E-state index contributed by atoms with van der Waals surface area (Å²) in [7, 11) is 0. The summed E-state index contributed by atoms with van der Waals surface area (Å²) in [6, 6.07) is 0. The molecule has 0 aromatic carbocycles. The van der Waals surface area contributed by atoms with Crippen LogP contribution in [0.3, 0.4) is 0 Å². The Balaban J connectivity index is 1.84. The maximum Gasteiger partial charge on any atom is 0.223 e. The van der Waals surface area contributed by atoms with E-state index in [0.29, 0.717) is 12.5 Å². The molecule has 2 atom stereocenters. The number of hydrogen-bond donors (Lipinski definition) is 2. The molecule has 0 aromatic heterocycles. The van der Waals surface area contributed by atoms with Gasteiger partial charge in [0.2, 0.25) is 5.91 Å². The molecule has 2 aliphatic rings. The third-order valence-corrected chi connectivity index (χ3v) is 4.63. The highest BCUT2D eigenvalue weighted by Crippen LogP contribution is 2.41. The average molecular weight is 253 g/mol. The standard InChI is InChI=1S/C15H27NO2/c1-11-7-12(9-14(2,3)8-11)13(17)16-10-15(18)5-4-6-15/h11-12,18H,4-10H2,1-3H3,(H,16,17). The van der Waals surface area contributed by atoms with E-state index in [1.165, 1.54) is 6.42 Å². The minimum absolute atomic E-state index is 0.132. The van der Waals surface area contributed by atoms with E-state index in [2.05, 4.69) is 26.1 Å². The van der Waals surface area contributed by atoms with E-state index in [-0.39, 0.29) is 17.2 Å². The van der Waals surface area contributed by atoms with Crippen LogP contribution in [-0.2, 0) is 4.79 Å². The summed E-state index contributed by atoms with van der Waals surface area (Å²) < 4.78 is 0. The molecular weight excluding hydrogens is 226 g/mol. The summed E-state index contributed by atoms with van der Waals surface area (Å²) in [5.74, 6) is 0.902. The van der Waals surface area contributed by atoms with Crippen LogP contribution in [0.25, 0.3) is 0 Å². The first-order valence-corrected chi connectivity index (χ1v) is 7.30. The van der Waals surface area contributed by atoms with Crippen molar-refractivity contribution in [2.24, 2.45) is 17.3 Å². The Kier molecular flexibility index (Phi) is 3.72. The van der Waals surface area contributed by atoms with Gasteiger partial charge in [-0.1, -0.05) is 20.8 Å². The van der Waals surface area contributed by atoms with Crippen molar-refractivity contribution in [3.63, 3.8) is 0 Å². The normalized spacial score (nSPS) is 33.6. The fourth-order valence-electron chi connectivity index (χ4n) is 3.70. The Morgan fingerprint density at radius 1 is 1.33 bits per heavy atom. The zero-order valence-electron chi connectivity index (χ0n) is 12.0. The van der Waals surface area contributed by atoms with Gasteiger partial charge in [0.1, 0.15) is 0 Å². The van der Waals surface area contributed by atoms with Crippen molar-refractivity contribution in [3.8, 4) is 0 Å². The van der Waals surface area contributed by atoms with Gasteiger partial charge in [0.05, 0.1) is 5.60 Å². The Morgan fingerprint density at radius 3 is 2.50 bits per heavy atom. The quantitative estimate of drug-likeness (QED) is 0.812. The van der Waals surface area contributed by atoms with Gasteiger partial charge in [0.25, 0.3) is 0 Å². The number of aliphatic hydroxyl groups is 1. The second-order valence-electron chi connectivity index (χ2n) is 7.41. The smallest absolute Gasteiger partial charge is 0.223 e. The van der Waals surface area contributed by atoms with E-state index >= 15 is 0 Å². The van der Waals surface area contributed by atoms with Crippen molar-refractivity contribution in [3.05, 3.63) is 0 Å². The second-order valence-corrected chi connectivity index (χ2v) is 7.41. The van der Waals surface area contributed by atoms with Crippen LogP contribution in [0, 0.1) is 17.3 Å². The highest BCUT2D eigenvalue weighted by molar-refractivity contribution is 5.78. The van der Waals surface area contributed by atoms with Gasteiger partial charge in [-0.05, 0) is 49.9 Å². The molecule has 0 aliphatic heterocycles. The van der Waals surface area contributed by atoms with Crippen LogP contribution in [0.5, 0.6) is 0 Å². The highest BCUT2D eigenvalue weighted by atomic mass is 16.3. The summed E-state index contributed by atoms with van der Waals surface area (Å²) in [6.45, 7) is 7.18. The molecule has 0 aromatic rings. The lowest BCUT2D eigenvalue weighted by atomic mass is 9.68. The van der Waals surface area contributed by atoms with Crippen molar-refractivity contribution in [1.29, 1.82) is 0 Å². The van der Waals surface area contributed by atoms with E-state index in [1.54, 1.807) is 0 Å². The van der Waals surface area contributed by atoms with Crippen molar-refractivity contribution in [2.45, 2.75) is 64.9 Å². The first kappa shape index (κ1) is 13.9. The van der Waals surface area contributed by atoms with Gasteiger partial charge >= 0.3 is 0 Å². The number of hydrogen-bond acceptors (Lipinski definition) is 2. The van der Waals surface area contributed by atoms with E-state index in [9.17, 15) is 9.90 Å². The summed E-state index contributed by atoms with van der Waals surface area (Å²) in [6.07, 6.45) is 5.93. The molecule has 0 saturated heterocycles. The van der Waals surface area contributed by atoms with E-state index in [1.807, 2.05) is 0 Å². The predicted molar refractivity (Wildman–Crippen MR) is 72.1 cm³/mol. The second kappa shape index (κ2) is 4.84. The molecule has 2 aliphatic carbocycles. The van der Waals surface area contributed by atoms with Gasteiger partial charge in [0, 0.05) is 12.5 Å². The first-order chi connectivity index (χ1) is 8.30. The SMILES string of the molecule is CC1CC(C(=O)NCC2(O)CCC2)CC(C)(C)C1. The van der Waals surface area contributed by atoms with Crippen molar-refractivity contribution in [1.82, 2.24) is 5.32 Å². The van der Waals surface area contributed by atoms with Gasteiger partial charge in [-0.25, -0.2) is 0 Å². The van der Waals surface area contributed by atoms with Gasteiger partial charge < -0.3 is 10.4 Å². The van der Waals surface area contributed by atoms with Crippen LogP contribution in [0.1, 0.15) is 59.3 Å². The highest BCUT2D eigenvalue weighted by Gasteiger charge is 2.38. The summed E-state index contributed by atoms with van der Waals surface area (Å²) in [4.78, 5) is 12.2. The van der Waals surface area contributed by atoms with Gasteiger partial charge in [-0.2, -0.15) is 0 Å². The van der Waals surface area contributed by atoms with Crippen LogP contribution < -0.4 is 5.32 Å². The zero-order valence-corrected chi connectivity index (χ0v) is 12.0. The molecule has 0 bridgehead atoms. The number of nitrogens with one attached hydrogen (secondary N) is 1. The van der Waals surface area contributed by atoms with Crippen LogP contribution in [0.2, 0.25) is 0 Å². The fourth-order valence-corrected chi connectivity index (χ4v) is 3.70. The van der Waals surface area contributed by atoms with Crippen LogP contribution >= 0.6 is 0 Å². The maximum absolute atomic E-state index is 12.2. The maximum atomic E-state index is 12.2. The zero-order chi connectivity index (χ0) is 13.4. The minimum Gasteiger partial charge on any atom is -0.388 e. The molecule has 18 heavy (non-hydrogen) atoms. The summed E-state index contributed by atoms with van der Waals surface area (Å²) in [5, 5.41) is 13.0. The molecule has 0 heterocycles. The van der Waals surface area contributed by atoms with Crippen molar-refractivity contribution in [2.75, 3.05) is 6.54 Å². The van der Waals surface area contributed by atoms with Crippen molar-refractivity contribution >= 4 is 5.91 Å². The Morgan fingerprint density at radius 2 is 2.00 bits per heavy atom. The van der Waals surface area contributed by atoms with Crippen molar-refractivity contribution < 1.29 is 9.90 Å². The van der Waals surface area contributed by atoms with Crippen LogP contribution in [-0.4, -0.2) is 23.2 Å². The number of carbonyl (C=O) groups excluding carboxylic acids is 1. The Bertz CT molecular complexity index is 320. The Hall–Kier alpha value is -0.570. The lowest BCUT2D eigenvalue weighted by Crippen LogP contribution is -2.49. The molecule has 3 nitrogen and oxygen atoms in total. The molecule has 0 radical (unpaired) electrons. The lowest BCUT2D eigenvalue weighted by molar-refractivity contribution is -0.130. The monoisotopic (exact) mass is 253 g/mol. The predicted octanol–water partition coefficient (Wildman–Crippen LogP) is 2.48. The van der Waals surface area contributed by atoms with Gasteiger partial charge in [-0.3, -0.25) is 4.79 Å². The average Bonchev–Trinajstić information content (AvgIpc) is 2.20. The molecule has 0 spiro atoms. The lowest BCUT2D eigenvalue weighted by Gasteiger charge is -2.40.